The fourth-order valence-corrected chi connectivity index (χ4v) is 3.58. The minimum atomic E-state index is -0.553. The van der Waals surface area contributed by atoms with Gasteiger partial charge in [-0.25, -0.2) is 4.98 Å². The number of likely N-dealkylation sites (tertiary alicyclic amines) is 1. The molecule has 2 heterocycles. The van der Waals surface area contributed by atoms with Gasteiger partial charge in [0, 0.05) is 19.0 Å². The molecule has 96 valence electrons. The van der Waals surface area contributed by atoms with E-state index in [2.05, 4.69) is 16.9 Å². The average molecular weight is 255 g/mol. The van der Waals surface area contributed by atoms with E-state index in [1.807, 2.05) is 6.92 Å². The molecule has 0 bridgehead atoms. The molecule has 2 rings (SSSR count). The molecule has 1 fully saturated rings. The molecule has 0 aliphatic carbocycles. The fourth-order valence-electron chi connectivity index (χ4n) is 2.39. The fraction of sp³-hybridized carbons (Fsp3) is 0.750. The van der Waals surface area contributed by atoms with Crippen molar-refractivity contribution in [3.05, 3.63) is 15.6 Å². The lowest BCUT2D eigenvalue weighted by atomic mass is 9.99. The summed E-state index contributed by atoms with van der Waals surface area (Å²) in [5, 5.41) is 11.0. The second-order valence-electron chi connectivity index (χ2n) is 4.85. The van der Waals surface area contributed by atoms with Gasteiger partial charge in [-0.3, -0.25) is 0 Å². The lowest BCUT2D eigenvalue weighted by Crippen LogP contribution is -2.30. The third kappa shape index (κ3) is 2.85. The predicted octanol–water partition coefficient (Wildman–Crippen LogP) is 1.25. The van der Waals surface area contributed by atoms with Gasteiger partial charge in [-0.1, -0.05) is 0 Å². The van der Waals surface area contributed by atoms with Crippen LogP contribution in [0.3, 0.4) is 0 Å². The first-order valence-electron chi connectivity index (χ1n) is 6.15. The van der Waals surface area contributed by atoms with E-state index in [4.69, 9.17) is 5.73 Å². The summed E-state index contributed by atoms with van der Waals surface area (Å²) in [7, 11) is 2.16. The lowest BCUT2D eigenvalue weighted by Gasteiger charge is -2.28. The molecule has 0 aromatic carbocycles. The smallest absolute Gasteiger partial charge is 0.102 e. The summed E-state index contributed by atoms with van der Waals surface area (Å²) in [6, 6.07) is 0. The maximum absolute atomic E-state index is 9.81. The van der Waals surface area contributed by atoms with Gasteiger partial charge >= 0.3 is 0 Å². The Morgan fingerprint density at radius 3 is 3.06 bits per heavy atom. The number of aromatic nitrogens is 1. The third-order valence-corrected chi connectivity index (χ3v) is 4.77. The molecule has 1 aliphatic heterocycles. The van der Waals surface area contributed by atoms with Crippen LogP contribution in [0.2, 0.25) is 0 Å². The van der Waals surface area contributed by atoms with Gasteiger partial charge in [-0.05, 0) is 33.4 Å². The quantitative estimate of drug-likeness (QED) is 0.853. The van der Waals surface area contributed by atoms with Gasteiger partial charge in [-0.2, -0.15) is 0 Å². The Kier molecular flexibility index (Phi) is 4.14. The number of nitrogens with two attached hydrogens (primary N) is 1. The van der Waals surface area contributed by atoms with Crippen molar-refractivity contribution < 1.29 is 5.11 Å². The van der Waals surface area contributed by atoms with E-state index < -0.39 is 6.10 Å². The SMILES string of the molecule is Cc1nc(C2CCCN(C)C2)sc1C(O)CN. The number of piperidine rings is 1. The average Bonchev–Trinajstić information content (AvgIpc) is 2.70. The van der Waals surface area contributed by atoms with E-state index in [1.165, 1.54) is 19.4 Å². The van der Waals surface area contributed by atoms with Crippen LogP contribution in [0.4, 0.5) is 0 Å². The highest BCUT2D eigenvalue weighted by Crippen LogP contribution is 2.33. The molecule has 0 saturated carbocycles. The summed E-state index contributed by atoms with van der Waals surface area (Å²) in [6.07, 6.45) is 1.88. The van der Waals surface area contributed by atoms with Crippen molar-refractivity contribution in [1.29, 1.82) is 0 Å². The minimum Gasteiger partial charge on any atom is -0.386 e. The Morgan fingerprint density at radius 1 is 1.65 bits per heavy atom. The zero-order valence-electron chi connectivity index (χ0n) is 10.5. The van der Waals surface area contributed by atoms with Gasteiger partial charge in [0.05, 0.1) is 15.6 Å². The second-order valence-corrected chi connectivity index (χ2v) is 5.92. The van der Waals surface area contributed by atoms with Crippen LogP contribution >= 0.6 is 11.3 Å². The Balaban J connectivity index is 2.16. The summed E-state index contributed by atoms with van der Waals surface area (Å²) >= 11 is 1.63. The Bertz CT molecular complexity index is 380. The third-order valence-electron chi connectivity index (χ3n) is 3.35. The molecule has 5 heteroatoms. The lowest BCUT2D eigenvalue weighted by molar-refractivity contribution is 0.189. The highest BCUT2D eigenvalue weighted by Gasteiger charge is 2.24. The molecule has 1 aromatic heterocycles. The standard InChI is InChI=1S/C12H21N3OS/c1-8-11(10(16)6-13)17-12(14-8)9-4-3-5-15(2)7-9/h9-10,16H,3-7,13H2,1-2H3. The molecule has 0 amide bonds. The van der Waals surface area contributed by atoms with Gasteiger partial charge in [0.25, 0.3) is 0 Å². The number of hydrogen-bond acceptors (Lipinski definition) is 5. The molecule has 1 aromatic rings. The maximum Gasteiger partial charge on any atom is 0.102 e. The van der Waals surface area contributed by atoms with Gasteiger partial charge < -0.3 is 15.7 Å². The van der Waals surface area contributed by atoms with Crippen molar-refractivity contribution in [3.63, 3.8) is 0 Å². The van der Waals surface area contributed by atoms with E-state index in [9.17, 15) is 5.11 Å². The molecule has 4 nitrogen and oxygen atoms in total. The molecule has 0 radical (unpaired) electrons. The van der Waals surface area contributed by atoms with Gasteiger partial charge in [0.1, 0.15) is 6.10 Å². The van der Waals surface area contributed by atoms with Crippen LogP contribution < -0.4 is 5.73 Å². The zero-order valence-corrected chi connectivity index (χ0v) is 11.3. The first kappa shape index (κ1) is 13.0. The van der Waals surface area contributed by atoms with Crippen molar-refractivity contribution in [2.75, 3.05) is 26.7 Å². The van der Waals surface area contributed by atoms with Crippen LogP contribution in [0.1, 0.15) is 40.4 Å². The largest absolute Gasteiger partial charge is 0.386 e. The van der Waals surface area contributed by atoms with Crippen molar-refractivity contribution >= 4 is 11.3 Å². The van der Waals surface area contributed by atoms with Crippen LogP contribution in [0, 0.1) is 6.92 Å². The Morgan fingerprint density at radius 2 is 2.41 bits per heavy atom. The van der Waals surface area contributed by atoms with E-state index in [0.717, 1.165) is 22.1 Å². The van der Waals surface area contributed by atoms with Gasteiger partial charge in [-0.15, -0.1) is 11.3 Å². The Labute approximate surface area is 106 Å². The molecular formula is C12H21N3OS. The summed E-state index contributed by atoms with van der Waals surface area (Å²) < 4.78 is 0. The number of nitrogens with zero attached hydrogens (tertiary/aromatic N) is 2. The van der Waals surface area contributed by atoms with Crippen molar-refractivity contribution in [2.45, 2.75) is 31.8 Å². The minimum absolute atomic E-state index is 0.271. The summed E-state index contributed by atoms with van der Waals surface area (Å²) in [5.41, 5.74) is 6.44. The van der Waals surface area contributed by atoms with Crippen LogP contribution in [-0.2, 0) is 0 Å². The predicted molar refractivity (Wildman–Crippen MR) is 70.3 cm³/mol. The highest BCUT2D eigenvalue weighted by molar-refractivity contribution is 7.11. The van der Waals surface area contributed by atoms with Crippen LogP contribution in [0.15, 0.2) is 0 Å². The van der Waals surface area contributed by atoms with E-state index in [-0.39, 0.29) is 6.54 Å². The van der Waals surface area contributed by atoms with Crippen LogP contribution in [0.25, 0.3) is 0 Å². The highest BCUT2D eigenvalue weighted by atomic mass is 32.1. The van der Waals surface area contributed by atoms with Crippen molar-refractivity contribution in [2.24, 2.45) is 5.73 Å². The van der Waals surface area contributed by atoms with Gasteiger partial charge in [0.2, 0.25) is 0 Å². The number of aryl methyl sites for hydroxylation is 1. The normalized spacial score (nSPS) is 23.9. The number of aliphatic hydroxyl groups excluding tert-OH is 1. The molecule has 17 heavy (non-hydrogen) atoms. The molecule has 1 aliphatic rings. The number of aliphatic hydroxyl groups is 1. The molecule has 0 spiro atoms. The van der Waals surface area contributed by atoms with Gasteiger partial charge in [0.15, 0.2) is 0 Å². The van der Waals surface area contributed by atoms with Crippen molar-refractivity contribution in [3.8, 4) is 0 Å². The van der Waals surface area contributed by atoms with E-state index in [0.29, 0.717) is 5.92 Å². The Hall–Kier alpha value is -0.490. The summed E-state index contributed by atoms with van der Waals surface area (Å²) in [4.78, 5) is 7.91. The van der Waals surface area contributed by atoms with E-state index in [1.54, 1.807) is 11.3 Å². The van der Waals surface area contributed by atoms with E-state index >= 15 is 0 Å². The molecule has 1 saturated heterocycles. The number of thiazole rings is 1. The van der Waals surface area contributed by atoms with Crippen LogP contribution in [0.5, 0.6) is 0 Å². The maximum atomic E-state index is 9.81. The number of rotatable bonds is 3. The van der Waals surface area contributed by atoms with Crippen LogP contribution in [-0.4, -0.2) is 41.7 Å². The zero-order chi connectivity index (χ0) is 12.4. The summed E-state index contributed by atoms with van der Waals surface area (Å²) in [6.45, 7) is 4.48. The molecular weight excluding hydrogens is 234 g/mol. The number of hydrogen-bond donors (Lipinski definition) is 2. The monoisotopic (exact) mass is 255 g/mol. The summed E-state index contributed by atoms with van der Waals surface area (Å²) in [5.74, 6) is 0.524. The molecule has 3 N–H and O–H groups in total. The first-order valence-corrected chi connectivity index (χ1v) is 6.97. The topological polar surface area (TPSA) is 62.4 Å². The molecule has 2 atom stereocenters. The first-order chi connectivity index (χ1) is 8.11. The number of likely N-dealkylation sites (N-methyl/N-ethyl adjacent to an activating group) is 1. The second kappa shape index (κ2) is 5.44. The molecule has 2 unspecified atom stereocenters. The van der Waals surface area contributed by atoms with Crippen molar-refractivity contribution in [1.82, 2.24) is 9.88 Å².